The normalized spacial score (nSPS) is 10.2. The van der Waals surface area contributed by atoms with Gasteiger partial charge in [0.2, 0.25) is 0 Å². The molecule has 16 heavy (non-hydrogen) atoms. The first kappa shape index (κ1) is 10.9. The molecule has 0 heterocycles. The molecule has 0 aliphatic carbocycles. The van der Waals surface area contributed by atoms with Crippen LogP contribution in [0.1, 0.15) is 5.56 Å². The van der Waals surface area contributed by atoms with Gasteiger partial charge in [0.15, 0.2) is 0 Å². The van der Waals surface area contributed by atoms with Gasteiger partial charge in [0, 0.05) is 0 Å². The predicted octanol–water partition coefficient (Wildman–Crippen LogP) is 1.34. The fourth-order valence-electron chi connectivity index (χ4n) is 1.90. The van der Waals surface area contributed by atoms with Crippen LogP contribution < -0.4 is 5.46 Å². The summed E-state index contributed by atoms with van der Waals surface area (Å²) in [6, 6.07) is 15.3. The smallest absolute Gasteiger partial charge is 0.423 e. The molecule has 0 atom stereocenters. The number of aryl methyl sites for hydroxylation is 1. The molecule has 2 aromatic rings. The molecule has 2 rings (SSSR count). The number of hydrogen-bond donors (Lipinski definition) is 2. The van der Waals surface area contributed by atoms with Gasteiger partial charge in [0.05, 0.1) is 0 Å². The number of hydrogen-bond acceptors (Lipinski definition) is 2. The van der Waals surface area contributed by atoms with Crippen LogP contribution in [0.5, 0.6) is 0 Å². The van der Waals surface area contributed by atoms with Crippen LogP contribution in [0.2, 0.25) is 0 Å². The summed E-state index contributed by atoms with van der Waals surface area (Å²) in [7, 11) is -1.44. The Kier molecular flexibility index (Phi) is 3.08. The predicted molar refractivity (Wildman–Crippen MR) is 66.4 cm³/mol. The van der Waals surface area contributed by atoms with Crippen LogP contribution in [0.25, 0.3) is 11.1 Å². The molecular weight excluding hydrogens is 199 g/mol. The zero-order valence-electron chi connectivity index (χ0n) is 9.09. The second-order valence-corrected chi connectivity index (χ2v) is 3.78. The fourth-order valence-corrected chi connectivity index (χ4v) is 1.90. The molecule has 0 aromatic heterocycles. The van der Waals surface area contributed by atoms with Crippen molar-refractivity contribution >= 4 is 12.6 Å². The van der Waals surface area contributed by atoms with Gasteiger partial charge in [-0.1, -0.05) is 48.5 Å². The maximum absolute atomic E-state index is 9.35. The first-order chi connectivity index (χ1) is 7.70. The van der Waals surface area contributed by atoms with Crippen molar-refractivity contribution in [2.75, 3.05) is 0 Å². The molecule has 80 valence electrons. The Bertz CT molecular complexity index is 481. The van der Waals surface area contributed by atoms with E-state index in [1.807, 2.05) is 49.4 Å². The van der Waals surface area contributed by atoms with E-state index in [0.717, 1.165) is 16.7 Å². The first-order valence-electron chi connectivity index (χ1n) is 5.21. The number of rotatable bonds is 2. The Morgan fingerprint density at radius 1 is 0.875 bits per heavy atom. The first-order valence-corrected chi connectivity index (χ1v) is 5.21. The van der Waals surface area contributed by atoms with Gasteiger partial charge in [-0.15, -0.1) is 0 Å². The van der Waals surface area contributed by atoms with Crippen LogP contribution >= 0.6 is 0 Å². The van der Waals surface area contributed by atoms with E-state index in [2.05, 4.69) is 0 Å². The Morgan fingerprint density at radius 2 is 1.56 bits per heavy atom. The molecule has 2 aromatic carbocycles. The third-order valence-electron chi connectivity index (χ3n) is 2.65. The van der Waals surface area contributed by atoms with Crippen molar-refractivity contribution in [1.29, 1.82) is 0 Å². The zero-order valence-corrected chi connectivity index (χ0v) is 9.09. The van der Waals surface area contributed by atoms with Crippen LogP contribution in [-0.2, 0) is 0 Å². The second kappa shape index (κ2) is 4.52. The van der Waals surface area contributed by atoms with Crippen molar-refractivity contribution in [1.82, 2.24) is 0 Å². The highest BCUT2D eigenvalue weighted by molar-refractivity contribution is 6.60. The Labute approximate surface area is 95.3 Å². The minimum absolute atomic E-state index is 0.547. The molecule has 2 N–H and O–H groups in total. The molecule has 0 spiro atoms. The van der Waals surface area contributed by atoms with Crippen LogP contribution in [0.3, 0.4) is 0 Å². The average molecular weight is 212 g/mol. The Hall–Kier alpha value is -1.58. The van der Waals surface area contributed by atoms with E-state index in [1.54, 1.807) is 6.07 Å². The molecule has 0 unspecified atom stereocenters. The molecule has 0 aliphatic rings. The summed E-state index contributed by atoms with van der Waals surface area (Å²) in [6.07, 6.45) is 0. The zero-order chi connectivity index (χ0) is 11.5. The summed E-state index contributed by atoms with van der Waals surface area (Å²) in [5.41, 5.74) is 3.49. The average Bonchev–Trinajstić information content (AvgIpc) is 2.29. The van der Waals surface area contributed by atoms with E-state index in [4.69, 9.17) is 0 Å². The number of benzene rings is 2. The van der Waals surface area contributed by atoms with Crippen molar-refractivity contribution in [3.8, 4) is 11.1 Å². The molecule has 0 amide bonds. The van der Waals surface area contributed by atoms with Gasteiger partial charge in [0.25, 0.3) is 0 Å². The van der Waals surface area contributed by atoms with Gasteiger partial charge in [-0.05, 0) is 29.1 Å². The lowest BCUT2D eigenvalue weighted by molar-refractivity contribution is 0.426. The maximum Gasteiger partial charge on any atom is 0.489 e. The monoisotopic (exact) mass is 212 g/mol. The van der Waals surface area contributed by atoms with Crippen LogP contribution in [-0.4, -0.2) is 17.2 Å². The minimum atomic E-state index is -1.44. The van der Waals surface area contributed by atoms with Crippen molar-refractivity contribution in [3.63, 3.8) is 0 Å². The van der Waals surface area contributed by atoms with E-state index < -0.39 is 7.12 Å². The summed E-state index contributed by atoms with van der Waals surface area (Å²) >= 11 is 0. The summed E-state index contributed by atoms with van der Waals surface area (Å²) in [6.45, 7) is 1.97. The van der Waals surface area contributed by atoms with E-state index in [-0.39, 0.29) is 0 Å². The fraction of sp³-hybridized carbons (Fsp3) is 0.0769. The largest absolute Gasteiger partial charge is 0.489 e. The highest BCUT2D eigenvalue weighted by Crippen LogP contribution is 2.21. The van der Waals surface area contributed by atoms with Crippen LogP contribution in [0.15, 0.2) is 48.5 Å². The van der Waals surface area contributed by atoms with E-state index in [0.29, 0.717) is 5.46 Å². The topological polar surface area (TPSA) is 40.5 Å². The second-order valence-electron chi connectivity index (χ2n) is 3.78. The van der Waals surface area contributed by atoms with E-state index >= 15 is 0 Å². The lowest BCUT2D eigenvalue weighted by Crippen LogP contribution is -2.32. The van der Waals surface area contributed by atoms with Crippen molar-refractivity contribution in [2.24, 2.45) is 0 Å². The van der Waals surface area contributed by atoms with Gasteiger partial charge >= 0.3 is 7.12 Å². The van der Waals surface area contributed by atoms with Crippen molar-refractivity contribution in [3.05, 3.63) is 54.1 Å². The van der Waals surface area contributed by atoms with Gasteiger partial charge in [0.1, 0.15) is 0 Å². The summed E-state index contributed by atoms with van der Waals surface area (Å²) in [4.78, 5) is 0. The third kappa shape index (κ3) is 2.01. The molecule has 2 nitrogen and oxygen atoms in total. The van der Waals surface area contributed by atoms with E-state index in [1.165, 1.54) is 0 Å². The standard InChI is InChI=1S/C13H13BO2/c1-10-6-5-9-12(14(15)16)13(10)11-7-3-2-4-8-11/h2-9,15-16H,1H3. The summed E-state index contributed by atoms with van der Waals surface area (Å²) in [5.74, 6) is 0. The molecule has 0 fully saturated rings. The lowest BCUT2D eigenvalue weighted by Gasteiger charge is -2.12. The van der Waals surface area contributed by atoms with Gasteiger partial charge < -0.3 is 10.0 Å². The van der Waals surface area contributed by atoms with Gasteiger partial charge in [-0.2, -0.15) is 0 Å². The lowest BCUT2D eigenvalue weighted by atomic mass is 9.74. The van der Waals surface area contributed by atoms with Crippen molar-refractivity contribution < 1.29 is 10.0 Å². The third-order valence-corrected chi connectivity index (χ3v) is 2.65. The molecular formula is C13H13BO2. The SMILES string of the molecule is Cc1cccc(B(O)O)c1-c1ccccc1. The molecule has 0 saturated heterocycles. The minimum Gasteiger partial charge on any atom is -0.423 e. The van der Waals surface area contributed by atoms with Gasteiger partial charge in [-0.25, -0.2) is 0 Å². The van der Waals surface area contributed by atoms with Crippen molar-refractivity contribution in [2.45, 2.75) is 6.92 Å². The van der Waals surface area contributed by atoms with Crippen LogP contribution in [0, 0.1) is 6.92 Å². The molecule has 0 bridgehead atoms. The van der Waals surface area contributed by atoms with Gasteiger partial charge in [-0.3, -0.25) is 0 Å². The molecule has 0 radical (unpaired) electrons. The van der Waals surface area contributed by atoms with E-state index in [9.17, 15) is 10.0 Å². The quantitative estimate of drug-likeness (QED) is 0.737. The Morgan fingerprint density at radius 3 is 2.19 bits per heavy atom. The highest BCUT2D eigenvalue weighted by Gasteiger charge is 2.17. The molecule has 0 aliphatic heterocycles. The maximum atomic E-state index is 9.35. The Balaban J connectivity index is 2.64. The van der Waals surface area contributed by atoms with Crippen LogP contribution in [0.4, 0.5) is 0 Å². The molecule has 3 heteroatoms. The molecule has 0 saturated carbocycles. The summed E-state index contributed by atoms with van der Waals surface area (Å²) < 4.78 is 0. The summed E-state index contributed by atoms with van der Waals surface area (Å²) in [5, 5.41) is 18.7. The highest BCUT2D eigenvalue weighted by atomic mass is 16.4.